The molecule has 2 saturated heterocycles. The molecule has 2 aliphatic rings. The Kier molecular flexibility index (Phi) is 4.53. The molecular weight excluding hydrogens is 266 g/mol. The second-order valence-corrected chi connectivity index (χ2v) is 6.08. The number of benzene rings is 1. The summed E-state index contributed by atoms with van der Waals surface area (Å²) in [5, 5.41) is 8.87. The third-order valence-electron chi connectivity index (χ3n) is 4.75. The number of nitrogens with zero attached hydrogens (tertiary/aromatic N) is 1. The predicted molar refractivity (Wildman–Crippen MR) is 80.9 cm³/mol. The number of hydrazine groups is 1. The Labute approximate surface area is 125 Å². The van der Waals surface area contributed by atoms with E-state index in [4.69, 9.17) is 5.11 Å². The molecule has 0 bridgehead atoms. The summed E-state index contributed by atoms with van der Waals surface area (Å²) in [5.74, 6) is 0.383. The zero-order valence-corrected chi connectivity index (χ0v) is 12.2. The van der Waals surface area contributed by atoms with E-state index < -0.39 is 5.97 Å². The van der Waals surface area contributed by atoms with E-state index in [-0.39, 0.29) is 6.54 Å². The van der Waals surface area contributed by atoms with Crippen molar-refractivity contribution in [2.45, 2.75) is 24.8 Å². The molecule has 0 aliphatic carbocycles. The number of aliphatic carboxylic acids is 1. The predicted octanol–water partition coefficient (Wildman–Crippen LogP) is 1.04. The summed E-state index contributed by atoms with van der Waals surface area (Å²) < 4.78 is 0. The topological polar surface area (TPSA) is 64.6 Å². The van der Waals surface area contributed by atoms with Crippen LogP contribution in [0, 0.1) is 5.92 Å². The molecule has 0 saturated carbocycles. The molecule has 5 nitrogen and oxygen atoms in total. The van der Waals surface area contributed by atoms with Crippen LogP contribution in [0.15, 0.2) is 30.3 Å². The number of carboxylic acids is 1. The van der Waals surface area contributed by atoms with Crippen molar-refractivity contribution in [3.8, 4) is 0 Å². The average molecular weight is 289 g/mol. The number of hydrogen-bond donors (Lipinski definition) is 3. The number of likely N-dealkylation sites (tertiary alicyclic amines) is 1. The Morgan fingerprint density at radius 1 is 1.24 bits per heavy atom. The van der Waals surface area contributed by atoms with E-state index in [9.17, 15) is 4.79 Å². The summed E-state index contributed by atoms with van der Waals surface area (Å²) in [4.78, 5) is 12.8. The lowest BCUT2D eigenvalue weighted by Gasteiger charge is -2.35. The van der Waals surface area contributed by atoms with Crippen LogP contribution in [-0.4, -0.2) is 48.2 Å². The first kappa shape index (κ1) is 14.5. The van der Waals surface area contributed by atoms with Crippen molar-refractivity contribution in [1.29, 1.82) is 0 Å². The highest BCUT2D eigenvalue weighted by Crippen LogP contribution is 2.32. The zero-order valence-electron chi connectivity index (χ0n) is 12.2. The van der Waals surface area contributed by atoms with Crippen molar-refractivity contribution in [2.75, 3.05) is 26.2 Å². The van der Waals surface area contributed by atoms with E-state index in [1.165, 1.54) is 5.56 Å². The molecule has 2 unspecified atom stereocenters. The molecular formula is C16H23N3O2. The van der Waals surface area contributed by atoms with E-state index >= 15 is 0 Å². The number of carboxylic acid groups (broad SMARTS) is 1. The van der Waals surface area contributed by atoms with Crippen LogP contribution in [0.2, 0.25) is 0 Å². The summed E-state index contributed by atoms with van der Waals surface area (Å²) in [6.07, 6.45) is 2.13. The van der Waals surface area contributed by atoms with Crippen LogP contribution in [0.1, 0.15) is 24.3 Å². The average Bonchev–Trinajstić information content (AvgIpc) is 2.98. The third kappa shape index (κ3) is 3.43. The lowest BCUT2D eigenvalue weighted by Crippen LogP contribution is -2.45. The summed E-state index contributed by atoms with van der Waals surface area (Å²) in [6, 6.07) is 11.1. The van der Waals surface area contributed by atoms with Gasteiger partial charge in [-0.15, -0.1) is 0 Å². The molecule has 2 heterocycles. The van der Waals surface area contributed by atoms with Crippen LogP contribution in [0.5, 0.6) is 0 Å². The molecule has 2 fully saturated rings. The lowest BCUT2D eigenvalue weighted by atomic mass is 9.80. The van der Waals surface area contributed by atoms with E-state index in [1.54, 1.807) is 0 Å². The summed E-state index contributed by atoms with van der Waals surface area (Å²) in [7, 11) is 0. The number of carbonyl (C=O) groups is 1. The van der Waals surface area contributed by atoms with Crippen LogP contribution in [0.4, 0.5) is 0 Å². The van der Waals surface area contributed by atoms with Gasteiger partial charge in [0, 0.05) is 18.5 Å². The normalized spacial score (nSPS) is 27.8. The van der Waals surface area contributed by atoms with Crippen LogP contribution in [0.25, 0.3) is 0 Å². The van der Waals surface area contributed by atoms with Gasteiger partial charge >= 0.3 is 5.97 Å². The number of piperidine rings is 1. The monoisotopic (exact) mass is 289 g/mol. The van der Waals surface area contributed by atoms with Crippen LogP contribution in [-0.2, 0) is 4.79 Å². The molecule has 3 rings (SSSR count). The number of rotatable bonds is 4. The minimum absolute atomic E-state index is 0.172. The maximum atomic E-state index is 10.8. The maximum Gasteiger partial charge on any atom is 0.317 e. The van der Waals surface area contributed by atoms with Crippen molar-refractivity contribution < 1.29 is 9.90 Å². The van der Waals surface area contributed by atoms with E-state index in [0.717, 1.165) is 32.5 Å². The highest BCUT2D eigenvalue weighted by Gasteiger charge is 2.36. The van der Waals surface area contributed by atoms with Gasteiger partial charge < -0.3 is 5.11 Å². The van der Waals surface area contributed by atoms with Crippen molar-refractivity contribution in [3.63, 3.8) is 0 Å². The van der Waals surface area contributed by atoms with E-state index in [0.29, 0.717) is 17.9 Å². The van der Waals surface area contributed by atoms with Crippen molar-refractivity contribution >= 4 is 5.97 Å². The van der Waals surface area contributed by atoms with Gasteiger partial charge in [0.05, 0.1) is 6.54 Å². The molecule has 114 valence electrons. The fourth-order valence-corrected chi connectivity index (χ4v) is 3.65. The molecule has 2 atom stereocenters. The molecule has 1 aromatic carbocycles. The van der Waals surface area contributed by atoms with E-state index in [2.05, 4.69) is 41.2 Å². The molecule has 0 aromatic heterocycles. The van der Waals surface area contributed by atoms with E-state index in [1.807, 2.05) is 4.90 Å². The third-order valence-corrected chi connectivity index (χ3v) is 4.75. The molecule has 21 heavy (non-hydrogen) atoms. The second-order valence-electron chi connectivity index (χ2n) is 6.08. The van der Waals surface area contributed by atoms with Gasteiger partial charge in [0.1, 0.15) is 0 Å². The standard InChI is InChI=1S/C16H23N3O2/c20-15(21)11-19-8-6-13(7-9-19)16-14(10-17-18-16)12-4-2-1-3-5-12/h1-5,13-14,16-18H,6-11H2,(H,20,21). The first-order valence-electron chi connectivity index (χ1n) is 7.71. The Morgan fingerprint density at radius 3 is 2.62 bits per heavy atom. The lowest BCUT2D eigenvalue weighted by molar-refractivity contribution is -0.138. The Hall–Kier alpha value is -1.43. The Morgan fingerprint density at radius 2 is 1.95 bits per heavy atom. The van der Waals surface area contributed by atoms with Crippen LogP contribution >= 0.6 is 0 Å². The largest absolute Gasteiger partial charge is 0.480 e. The van der Waals surface area contributed by atoms with Gasteiger partial charge in [0.25, 0.3) is 0 Å². The van der Waals surface area contributed by atoms with Gasteiger partial charge in [-0.25, -0.2) is 0 Å². The van der Waals surface area contributed by atoms with Gasteiger partial charge in [0.15, 0.2) is 0 Å². The second kappa shape index (κ2) is 6.56. The summed E-state index contributed by atoms with van der Waals surface area (Å²) in [5.41, 5.74) is 8.13. The summed E-state index contributed by atoms with van der Waals surface area (Å²) in [6.45, 7) is 2.91. The Balaban J connectivity index is 1.61. The van der Waals surface area contributed by atoms with Crippen molar-refractivity contribution in [2.24, 2.45) is 5.92 Å². The molecule has 0 radical (unpaired) electrons. The first-order chi connectivity index (χ1) is 10.2. The van der Waals surface area contributed by atoms with Gasteiger partial charge in [0.2, 0.25) is 0 Å². The van der Waals surface area contributed by atoms with Gasteiger partial charge in [-0.1, -0.05) is 30.3 Å². The Bertz CT molecular complexity index is 472. The molecule has 0 spiro atoms. The maximum absolute atomic E-state index is 10.8. The molecule has 3 N–H and O–H groups in total. The smallest absolute Gasteiger partial charge is 0.317 e. The number of hydrogen-bond acceptors (Lipinski definition) is 4. The van der Waals surface area contributed by atoms with Crippen molar-refractivity contribution in [3.05, 3.63) is 35.9 Å². The SMILES string of the molecule is O=C(O)CN1CCC(C2NNCC2c2ccccc2)CC1. The fraction of sp³-hybridized carbons (Fsp3) is 0.562. The van der Waals surface area contributed by atoms with Crippen LogP contribution in [0.3, 0.4) is 0 Å². The molecule has 0 amide bonds. The quantitative estimate of drug-likeness (QED) is 0.773. The number of nitrogens with one attached hydrogen (secondary N) is 2. The zero-order chi connectivity index (χ0) is 14.7. The summed E-state index contributed by atoms with van der Waals surface area (Å²) >= 11 is 0. The van der Waals surface area contributed by atoms with Gasteiger partial charge in [-0.05, 0) is 37.4 Å². The van der Waals surface area contributed by atoms with Crippen molar-refractivity contribution in [1.82, 2.24) is 15.8 Å². The van der Waals surface area contributed by atoms with Gasteiger partial charge in [-0.2, -0.15) is 0 Å². The van der Waals surface area contributed by atoms with Gasteiger partial charge in [-0.3, -0.25) is 20.5 Å². The highest BCUT2D eigenvalue weighted by atomic mass is 16.4. The highest BCUT2D eigenvalue weighted by molar-refractivity contribution is 5.69. The minimum Gasteiger partial charge on any atom is -0.480 e. The fourth-order valence-electron chi connectivity index (χ4n) is 3.65. The molecule has 5 heteroatoms. The minimum atomic E-state index is -0.726. The molecule has 2 aliphatic heterocycles. The molecule has 1 aromatic rings. The first-order valence-corrected chi connectivity index (χ1v) is 7.71. The van der Waals surface area contributed by atoms with Crippen LogP contribution < -0.4 is 10.9 Å².